The maximum absolute atomic E-state index is 11.3. The summed E-state index contributed by atoms with van der Waals surface area (Å²) in [7, 11) is 3.07. The van der Waals surface area contributed by atoms with Crippen LogP contribution in [0.5, 0.6) is 5.75 Å². The zero-order valence-electron chi connectivity index (χ0n) is 17.6. The minimum Gasteiger partial charge on any atom is -0.497 e. The average Bonchev–Trinajstić information content (AvgIpc) is 2.83. The smallest absolute Gasteiger partial charge is 0.330 e. The molecule has 0 radical (unpaired) electrons. The van der Waals surface area contributed by atoms with E-state index < -0.39 is 0 Å². The summed E-state index contributed by atoms with van der Waals surface area (Å²) in [6.07, 6.45) is 7.59. The number of anilines is 1. The Hall–Kier alpha value is -2.79. The Balaban J connectivity index is 1.37. The molecule has 0 spiro atoms. The van der Waals surface area contributed by atoms with E-state index in [-0.39, 0.29) is 17.0 Å². The normalized spacial score (nSPS) is 25.3. The summed E-state index contributed by atoms with van der Waals surface area (Å²) in [6, 6.07) is 16.4. The fourth-order valence-corrected chi connectivity index (χ4v) is 4.53. The van der Waals surface area contributed by atoms with Crippen molar-refractivity contribution in [2.75, 3.05) is 32.7 Å². The van der Waals surface area contributed by atoms with Gasteiger partial charge in [-0.25, -0.2) is 4.79 Å². The fourth-order valence-electron chi connectivity index (χ4n) is 4.53. The molecular formula is C25H29NO4. The van der Waals surface area contributed by atoms with Crippen molar-refractivity contribution in [2.45, 2.75) is 31.3 Å². The van der Waals surface area contributed by atoms with Gasteiger partial charge in [0.25, 0.3) is 0 Å². The quantitative estimate of drug-likeness (QED) is 0.529. The summed E-state index contributed by atoms with van der Waals surface area (Å²) >= 11 is 0. The lowest BCUT2D eigenvalue weighted by Crippen LogP contribution is -2.51. The minimum absolute atomic E-state index is 0.146. The Morgan fingerprint density at radius 2 is 1.87 bits per heavy atom. The van der Waals surface area contributed by atoms with Gasteiger partial charge in [-0.05, 0) is 67.2 Å². The number of fused-ring (bicyclic) bond motifs is 3. The first-order valence-corrected chi connectivity index (χ1v) is 10.4. The number of hydrogen-bond acceptors (Lipinski definition) is 5. The van der Waals surface area contributed by atoms with Crippen LogP contribution < -0.4 is 10.1 Å². The largest absolute Gasteiger partial charge is 0.497 e. The Morgan fingerprint density at radius 3 is 2.50 bits per heavy atom. The predicted molar refractivity (Wildman–Crippen MR) is 118 cm³/mol. The van der Waals surface area contributed by atoms with Gasteiger partial charge in [0.15, 0.2) is 0 Å². The summed E-state index contributed by atoms with van der Waals surface area (Å²) in [5.74, 6) is 0.526. The lowest BCUT2D eigenvalue weighted by Gasteiger charge is -2.53. The third-order valence-corrected chi connectivity index (χ3v) is 6.56. The molecule has 3 aliphatic rings. The number of carbonyl (C=O) groups excluding carboxylic acids is 1. The van der Waals surface area contributed by atoms with Crippen LogP contribution in [0.1, 0.15) is 36.8 Å². The molecule has 2 bridgehead atoms. The first-order valence-electron chi connectivity index (χ1n) is 10.4. The van der Waals surface area contributed by atoms with Gasteiger partial charge in [-0.3, -0.25) is 0 Å². The third kappa shape index (κ3) is 4.21. The van der Waals surface area contributed by atoms with Crippen LogP contribution in [0.2, 0.25) is 0 Å². The number of hydrogen-bond donors (Lipinski definition) is 1. The number of carbonyl (C=O) groups is 1. The van der Waals surface area contributed by atoms with Gasteiger partial charge in [0.1, 0.15) is 5.75 Å². The van der Waals surface area contributed by atoms with E-state index in [1.165, 1.54) is 18.7 Å². The second kappa shape index (κ2) is 8.52. The van der Waals surface area contributed by atoms with Crippen LogP contribution in [0.3, 0.4) is 0 Å². The van der Waals surface area contributed by atoms with Crippen molar-refractivity contribution in [3.63, 3.8) is 0 Å². The van der Waals surface area contributed by atoms with Crippen LogP contribution in [0.15, 0.2) is 54.6 Å². The molecular weight excluding hydrogens is 378 g/mol. The van der Waals surface area contributed by atoms with E-state index >= 15 is 0 Å². The third-order valence-electron chi connectivity index (χ3n) is 6.56. The molecule has 2 saturated heterocycles. The molecule has 1 saturated carbocycles. The second-order valence-electron chi connectivity index (χ2n) is 8.35. The molecule has 5 heteroatoms. The highest BCUT2D eigenvalue weighted by atomic mass is 16.5. The first kappa shape index (κ1) is 20.5. The zero-order valence-corrected chi connectivity index (χ0v) is 17.6. The van der Waals surface area contributed by atoms with Gasteiger partial charge in [-0.15, -0.1) is 0 Å². The number of benzene rings is 2. The highest BCUT2D eigenvalue weighted by Crippen LogP contribution is 2.53. The number of esters is 1. The van der Waals surface area contributed by atoms with Crippen molar-refractivity contribution >= 4 is 17.7 Å². The first-order chi connectivity index (χ1) is 14.6. The molecule has 2 aliphatic heterocycles. The molecule has 30 heavy (non-hydrogen) atoms. The standard InChI is InChI=1S/C25H29NO4/c1-28-22-9-7-20(8-10-22)25-14-12-24(13-15-25,18-30-25)17-26-21-5-3-4-19(16-21)6-11-23(27)29-2/h3-11,16,26H,12-15,17-18H2,1-2H3/b11-6+. The topological polar surface area (TPSA) is 56.8 Å². The summed E-state index contributed by atoms with van der Waals surface area (Å²) in [6.45, 7) is 1.66. The Kier molecular flexibility index (Phi) is 5.82. The highest BCUT2D eigenvalue weighted by Gasteiger charge is 2.50. The summed E-state index contributed by atoms with van der Waals surface area (Å²) in [4.78, 5) is 11.3. The van der Waals surface area contributed by atoms with E-state index in [0.29, 0.717) is 0 Å². The lowest BCUT2D eigenvalue weighted by molar-refractivity contribution is -0.185. The van der Waals surface area contributed by atoms with Crippen molar-refractivity contribution in [1.82, 2.24) is 0 Å². The molecule has 0 unspecified atom stereocenters. The van der Waals surface area contributed by atoms with Crippen molar-refractivity contribution in [2.24, 2.45) is 5.41 Å². The molecule has 2 aromatic carbocycles. The van der Waals surface area contributed by atoms with E-state index in [4.69, 9.17) is 9.47 Å². The lowest BCUT2D eigenvalue weighted by atomic mass is 9.64. The molecule has 0 aromatic heterocycles. The van der Waals surface area contributed by atoms with E-state index in [2.05, 4.69) is 28.3 Å². The molecule has 1 aliphatic carbocycles. The maximum atomic E-state index is 11.3. The van der Waals surface area contributed by atoms with Gasteiger partial charge < -0.3 is 19.5 Å². The summed E-state index contributed by atoms with van der Waals surface area (Å²) in [5, 5.41) is 3.59. The van der Waals surface area contributed by atoms with E-state index in [9.17, 15) is 4.79 Å². The number of rotatable bonds is 7. The Morgan fingerprint density at radius 1 is 1.10 bits per heavy atom. The second-order valence-corrected chi connectivity index (χ2v) is 8.35. The van der Waals surface area contributed by atoms with Gasteiger partial charge in [-0.1, -0.05) is 24.3 Å². The molecule has 158 valence electrons. The van der Waals surface area contributed by atoms with Gasteiger partial charge in [-0.2, -0.15) is 0 Å². The molecule has 0 amide bonds. The molecule has 2 heterocycles. The fraction of sp³-hybridized carbons (Fsp3) is 0.400. The monoisotopic (exact) mass is 407 g/mol. The molecule has 5 nitrogen and oxygen atoms in total. The molecule has 5 rings (SSSR count). The maximum Gasteiger partial charge on any atom is 0.330 e. The van der Waals surface area contributed by atoms with Gasteiger partial charge in [0.05, 0.1) is 26.4 Å². The van der Waals surface area contributed by atoms with Crippen molar-refractivity contribution in [3.8, 4) is 5.75 Å². The minimum atomic E-state index is -0.353. The van der Waals surface area contributed by atoms with E-state index in [0.717, 1.165) is 55.8 Å². The van der Waals surface area contributed by atoms with E-state index in [1.54, 1.807) is 13.2 Å². The summed E-state index contributed by atoms with van der Waals surface area (Å²) < 4.78 is 16.4. The number of methoxy groups -OCH3 is 2. The molecule has 3 fully saturated rings. The zero-order chi connectivity index (χ0) is 21.0. The van der Waals surface area contributed by atoms with Crippen molar-refractivity contribution in [3.05, 3.63) is 65.7 Å². The highest BCUT2D eigenvalue weighted by molar-refractivity contribution is 5.87. The van der Waals surface area contributed by atoms with Crippen LogP contribution in [-0.4, -0.2) is 33.3 Å². The van der Waals surface area contributed by atoms with Crippen LogP contribution in [0, 0.1) is 5.41 Å². The predicted octanol–water partition coefficient (Wildman–Crippen LogP) is 4.78. The number of nitrogens with one attached hydrogen (secondary N) is 1. The summed E-state index contributed by atoms with van der Waals surface area (Å²) in [5.41, 5.74) is 3.30. The SMILES string of the molecule is COC(=O)/C=C/c1cccc(NCC23CCC(c4ccc(OC)cc4)(CC2)OC3)c1. The molecule has 0 atom stereocenters. The number of ether oxygens (including phenoxy) is 3. The van der Waals surface area contributed by atoms with Crippen LogP contribution >= 0.6 is 0 Å². The van der Waals surface area contributed by atoms with Gasteiger partial charge in [0.2, 0.25) is 0 Å². The Bertz CT molecular complexity index is 894. The molecule has 1 N–H and O–H groups in total. The van der Waals surface area contributed by atoms with Crippen LogP contribution in [0.25, 0.3) is 6.08 Å². The molecule has 2 aromatic rings. The van der Waals surface area contributed by atoms with Gasteiger partial charge >= 0.3 is 5.97 Å². The van der Waals surface area contributed by atoms with Gasteiger partial charge in [0, 0.05) is 23.7 Å². The van der Waals surface area contributed by atoms with Crippen LogP contribution in [0.4, 0.5) is 5.69 Å². The van der Waals surface area contributed by atoms with E-state index in [1.807, 2.05) is 30.3 Å². The Labute approximate surface area is 178 Å². The van der Waals surface area contributed by atoms with Crippen LogP contribution in [-0.2, 0) is 19.9 Å². The van der Waals surface area contributed by atoms with Crippen molar-refractivity contribution < 1.29 is 19.0 Å². The van der Waals surface area contributed by atoms with Crippen molar-refractivity contribution in [1.29, 1.82) is 0 Å². The average molecular weight is 408 g/mol.